The van der Waals surface area contributed by atoms with Crippen molar-refractivity contribution in [3.8, 4) is 17.1 Å². The molecule has 3 aromatic carbocycles. The molecule has 1 aliphatic rings. The third kappa shape index (κ3) is 5.63. The predicted octanol–water partition coefficient (Wildman–Crippen LogP) is 5.21. The first kappa shape index (κ1) is 29.6. The number of carbonyl (C=O) groups excluding carboxylic acids is 1. The summed E-state index contributed by atoms with van der Waals surface area (Å²) in [7, 11) is 1.57. The quantitative estimate of drug-likeness (QED) is 0.237. The van der Waals surface area contributed by atoms with E-state index in [0.29, 0.717) is 49.0 Å². The number of carbonyl (C=O) groups is 2. The molecule has 10 heteroatoms. The smallest absolute Gasteiger partial charge is 0.338 e. The molecule has 0 saturated carbocycles. The third-order valence-electron chi connectivity index (χ3n) is 7.46. The van der Waals surface area contributed by atoms with Crippen molar-refractivity contribution in [3.05, 3.63) is 138 Å². The van der Waals surface area contributed by atoms with Crippen LogP contribution in [0.2, 0.25) is 0 Å². The Morgan fingerprint density at radius 3 is 2.49 bits per heavy atom. The molecule has 0 unspecified atom stereocenters. The van der Waals surface area contributed by atoms with Gasteiger partial charge in [0.25, 0.3) is 5.56 Å². The molecule has 6 rings (SSSR count). The molecule has 0 aliphatic carbocycles. The van der Waals surface area contributed by atoms with E-state index in [1.54, 1.807) is 62.6 Å². The molecule has 0 saturated heterocycles. The predicted molar refractivity (Wildman–Crippen MR) is 170 cm³/mol. The number of nitrogens with zero attached hydrogens (tertiary/aromatic N) is 2. The zero-order valence-electron chi connectivity index (χ0n) is 24.6. The highest BCUT2D eigenvalue weighted by atomic mass is 32.1. The summed E-state index contributed by atoms with van der Waals surface area (Å²) in [5.74, 6) is -0.0858. The van der Waals surface area contributed by atoms with Crippen LogP contribution in [0.3, 0.4) is 0 Å². The molecule has 2 aromatic heterocycles. The van der Waals surface area contributed by atoms with Gasteiger partial charge >= 0.3 is 11.9 Å². The molecule has 0 bridgehead atoms. The number of aromatic nitrogens is 1. The van der Waals surface area contributed by atoms with Gasteiger partial charge in [0.1, 0.15) is 17.3 Å². The Balaban J connectivity index is 1.54. The summed E-state index contributed by atoms with van der Waals surface area (Å²) in [5, 5.41) is 9.44. The Kier molecular flexibility index (Phi) is 8.06. The number of fused-ring (bicyclic) bond motifs is 1. The van der Waals surface area contributed by atoms with Gasteiger partial charge < -0.3 is 19.0 Å². The van der Waals surface area contributed by atoms with Crippen molar-refractivity contribution in [3.63, 3.8) is 0 Å². The van der Waals surface area contributed by atoms with Crippen LogP contribution < -0.4 is 19.6 Å². The molecule has 9 nitrogen and oxygen atoms in total. The summed E-state index contributed by atoms with van der Waals surface area (Å²) in [6.45, 7) is 3.75. The molecule has 0 fully saturated rings. The van der Waals surface area contributed by atoms with Crippen LogP contribution in [0.25, 0.3) is 23.1 Å². The Morgan fingerprint density at radius 1 is 1.04 bits per heavy atom. The van der Waals surface area contributed by atoms with Crippen LogP contribution in [-0.2, 0) is 9.53 Å². The summed E-state index contributed by atoms with van der Waals surface area (Å²) in [5.41, 5.74) is 3.36. The lowest BCUT2D eigenvalue weighted by Gasteiger charge is -2.26. The van der Waals surface area contributed by atoms with Gasteiger partial charge in [0.15, 0.2) is 4.80 Å². The van der Waals surface area contributed by atoms with Gasteiger partial charge in [-0.1, -0.05) is 59.9 Å². The lowest BCUT2D eigenvalue weighted by molar-refractivity contribution is -0.138. The van der Waals surface area contributed by atoms with Gasteiger partial charge in [-0.05, 0) is 61.4 Å². The van der Waals surface area contributed by atoms with Crippen LogP contribution >= 0.6 is 11.3 Å². The number of carboxylic acid groups (broad SMARTS) is 1. The lowest BCUT2D eigenvalue weighted by Crippen LogP contribution is -2.40. The highest BCUT2D eigenvalue weighted by molar-refractivity contribution is 7.07. The van der Waals surface area contributed by atoms with E-state index in [1.165, 1.54) is 15.9 Å². The van der Waals surface area contributed by atoms with E-state index in [4.69, 9.17) is 18.9 Å². The van der Waals surface area contributed by atoms with Crippen molar-refractivity contribution in [2.75, 3.05) is 13.7 Å². The van der Waals surface area contributed by atoms with Crippen LogP contribution in [0, 0.1) is 6.92 Å². The number of ether oxygens (including phenoxy) is 2. The average molecular weight is 621 g/mol. The van der Waals surface area contributed by atoms with Crippen LogP contribution in [-0.4, -0.2) is 35.3 Å². The van der Waals surface area contributed by atoms with Gasteiger partial charge in [-0.25, -0.2) is 14.6 Å². The average Bonchev–Trinajstić information content (AvgIpc) is 3.64. The molecule has 5 aromatic rings. The number of hydrogen-bond acceptors (Lipinski definition) is 8. The number of aryl methyl sites for hydroxylation is 1. The Hall–Kier alpha value is -5.48. The highest BCUT2D eigenvalue weighted by Crippen LogP contribution is 2.36. The van der Waals surface area contributed by atoms with Crippen molar-refractivity contribution < 1.29 is 28.6 Å². The van der Waals surface area contributed by atoms with E-state index < -0.39 is 18.0 Å². The highest BCUT2D eigenvalue weighted by Gasteiger charge is 2.35. The lowest BCUT2D eigenvalue weighted by atomic mass is 9.93. The molecule has 1 N–H and O–H groups in total. The second-order valence-corrected chi connectivity index (χ2v) is 11.3. The van der Waals surface area contributed by atoms with Gasteiger partial charge in [0, 0.05) is 17.2 Å². The number of esters is 1. The molecular formula is C35H28N2O7S. The van der Waals surface area contributed by atoms with Crippen LogP contribution in [0.1, 0.15) is 45.8 Å². The number of furan rings is 1. The van der Waals surface area contributed by atoms with E-state index in [-0.39, 0.29) is 23.3 Å². The molecular weight excluding hydrogens is 592 g/mol. The Morgan fingerprint density at radius 2 is 1.80 bits per heavy atom. The second kappa shape index (κ2) is 12.3. The molecule has 0 spiro atoms. The first-order chi connectivity index (χ1) is 21.8. The maximum atomic E-state index is 14.1. The Labute approximate surface area is 261 Å². The fourth-order valence-electron chi connectivity index (χ4n) is 5.27. The molecule has 45 heavy (non-hydrogen) atoms. The van der Waals surface area contributed by atoms with Gasteiger partial charge in [0.2, 0.25) is 0 Å². The largest absolute Gasteiger partial charge is 0.497 e. The number of thiazole rings is 1. The summed E-state index contributed by atoms with van der Waals surface area (Å²) < 4.78 is 18.8. The van der Waals surface area contributed by atoms with Gasteiger partial charge in [-0.3, -0.25) is 9.36 Å². The zero-order valence-corrected chi connectivity index (χ0v) is 25.5. The number of hydrogen-bond donors (Lipinski definition) is 1. The summed E-state index contributed by atoms with van der Waals surface area (Å²) in [4.78, 5) is 44.5. The van der Waals surface area contributed by atoms with Crippen LogP contribution in [0.5, 0.6) is 5.75 Å². The van der Waals surface area contributed by atoms with E-state index in [0.717, 1.165) is 5.56 Å². The van der Waals surface area contributed by atoms with Gasteiger partial charge in [0.05, 0.1) is 41.1 Å². The minimum atomic E-state index is -1.03. The van der Waals surface area contributed by atoms with Crippen molar-refractivity contribution in [2.24, 2.45) is 4.99 Å². The standard InChI is InChI=1S/C35H28N2O7S/c1-4-43-34(41)29-30(21-8-6-5-7-9-21)36-35-37(31(29)22-12-14-24(42-3)15-13-22)32(38)28(45-35)19-25-16-17-27(44-25)26-18-23(33(39)40)11-10-20(26)2/h5-19,31H,4H2,1-3H3,(H,39,40)/b28-19-/t31-/m1/s1. The molecule has 3 heterocycles. The van der Waals surface area contributed by atoms with Crippen LogP contribution in [0.4, 0.5) is 0 Å². The van der Waals surface area contributed by atoms with Crippen molar-refractivity contribution in [1.29, 1.82) is 0 Å². The van der Waals surface area contributed by atoms with E-state index >= 15 is 0 Å². The molecule has 226 valence electrons. The number of benzene rings is 3. The summed E-state index contributed by atoms with van der Waals surface area (Å²) in [6.07, 6.45) is 1.63. The topological polar surface area (TPSA) is 120 Å². The van der Waals surface area contributed by atoms with Crippen LogP contribution in [0.15, 0.2) is 105 Å². The van der Waals surface area contributed by atoms with E-state index in [1.807, 2.05) is 49.4 Å². The molecule has 0 amide bonds. The molecule has 1 atom stereocenters. The fourth-order valence-corrected chi connectivity index (χ4v) is 6.25. The second-order valence-electron chi connectivity index (χ2n) is 10.2. The first-order valence-corrected chi connectivity index (χ1v) is 15.0. The zero-order chi connectivity index (χ0) is 31.7. The fraction of sp³-hybridized carbons (Fsp3) is 0.143. The molecule has 0 radical (unpaired) electrons. The monoisotopic (exact) mass is 620 g/mol. The minimum absolute atomic E-state index is 0.145. The number of rotatable bonds is 8. The number of carboxylic acids is 1. The first-order valence-electron chi connectivity index (χ1n) is 14.2. The van der Waals surface area contributed by atoms with Crippen molar-refractivity contribution >= 4 is 35.0 Å². The normalized spacial score (nSPS) is 14.6. The molecule has 1 aliphatic heterocycles. The summed E-state index contributed by atoms with van der Waals surface area (Å²) in [6, 6.07) is 24.0. The SMILES string of the molecule is CCOC(=O)C1=C(c2ccccc2)N=c2s/c(=C\c3ccc(-c4cc(C(=O)O)ccc4C)o3)c(=O)n2[C@@H]1c1ccc(OC)cc1. The van der Waals surface area contributed by atoms with Crippen molar-refractivity contribution in [1.82, 2.24) is 4.57 Å². The Bertz CT molecular complexity index is 2140. The maximum Gasteiger partial charge on any atom is 0.338 e. The summed E-state index contributed by atoms with van der Waals surface area (Å²) >= 11 is 1.18. The van der Waals surface area contributed by atoms with Gasteiger partial charge in [-0.15, -0.1) is 0 Å². The van der Waals surface area contributed by atoms with Gasteiger partial charge in [-0.2, -0.15) is 0 Å². The number of methoxy groups -OCH3 is 1. The van der Waals surface area contributed by atoms with E-state index in [9.17, 15) is 19.5 Å². The van der Waals surface area contributed by atoms with E-state index in [2.05, 4.69) is 0 Å². The minimum Gasteiger partial charge on any atom is -0.497 e. The maximum absolute atomic E-state index is 14.1. The number of aromatic carboxylic acids is 1. The third-order valence-corrected chi connectivity index (χ3v) is 8.44. The van der Waals surface area contributed by atoms with Crippen molar-refractivity contribution in [2.45, 2.75) is 19.9 Å².